The molecule has 0 radical (unpaired) electrons. The lowest BCUT2D eigenvalue weighted by molar-refractivity contribution is 0.459. The molecule has 4 rings (SSSR count). The van der Waals surface area contributed by atoms with Crippen LogP contribution in [-0.4, -0.2) is 15.1 Å². The summed E-state index contributed by atoms with van der Waals surface area (Å²) in [7, 11) is 0. The van der Waals surface area contributed by atoms with Gasteiger partial charge >= 0.3 is 0 Å². The van der Waals surface area contributed by atoms with Crippen molar-refractivity contribution in [2.45, 2.75) is 0 Å². The Hall–Kier alpha value is -3.13. The van der Waals surface area contributed by atoms with E-state index in [-0.39, 0.29) is 11.4 Å². The number of rotatable bonds is 3. The molecule has 0 aliphatic carbocycles. The van der Waals surface area contributed by atoms with E-state index in [0.717, 1.165) is 17.0 Å². The van der Waals surface area contributed by atoms with Gasteiger partial charge in [0.2, 0.25) is 11.0 Å². The number of thiazole rings is 1. The highest BCUT2D eigenvalue weighted by Gasteiger charge is 2.12. The summed E-state index contributed by atoms with van der Waals surface area (Å²) in [6.45, 7) is 0. The highest BCUT2D eigenvalue weighted by molar-refractivity contribution is 7.13. The topological polar surface area (TPSA) is 73.6 Å². The minimum Gasteiger partial charge on any atom is -0.493 e. The number of para-hydroxylation sites is 1. The molecule has 0 atom stereocenters. The lowest BCUT2D eigenvalue weighted by Crippen LogP contribution is -1.85. The van der Waals surface area contributed by atoms with Crippen molar-refractivity contribution in [3.63, 3.8) is 0 Å². The molecule has 8 heteroatoms. The zero-order chi connectivity index (χ0) is 17.4. The van der Waals surface area contributed by atoms with Crippen molar-refractivity contribution in [3.05, 3.63) is 59.5 Å². The minimum atomic E-state index is -0.692. The fourth-order valence-electron chi connectivity index (χ4n) is 2.44. The van der Waals surface area contributed by atoms with Crippen LogP contribution in [-0.2, 0) is 0 Å². The summed E-state index contributed by atoms with van der Waals surface area (Å²) in [5, 5.41) is 20.6. The van der Waals surface area contributed by atoms with E-state index in [1.165, 1.54) is 23.5 Å². The van der Waals surface area contributed by atoms with E-state index >= 15 is 0 Å². The molecule has 25 heavy (non-hydrogen) atoms. The summed E-state index contributed by atoms with van der Waals surface area (Å²) in [5.41, 5.74) is 1.58. The predicted octanol–water partition coefficient (Wildman–Crippen LogP) is 5.69. The first-order valence-electron chi connectivity index (χ1n) is 7.24. The summed E-state index contributed by atoms with van der Waals surface area (Å²) in [6, 6.07) is 10.6. The van der Waals surface area contributed by atoms with Gasteiger partial charge in [-0.15, -0.1) is 21.6 Å². The molecule has 0 saturated heterocycles. The standard InChI is InChI=1S/C17H10F2N4OS/c18-9-5-6-10(12(19)7-9)14-8-25-17(21-14)23-22-15-11-3-1-2-4-13(11)20-16(15)24/h1-8,20,24H. The van der Waals surface area contributed by atoms with Gasteiger partial charge in [0.15, 0.2) is 5.69 Å². The normalized spacial score (nSPS) is 11.6. The second-order valence-electron chi connectivity index (χ2n) is 5.21. The van der Waals surface area contributed by atoms with Crippen LogP contribution in [0.25, 0.3) is 22.2 Å². The van der Waals surface area contributed by atoms with Crippen molar-refractivity contribution in [1.29, 1.82) is 0 Å². The average Bonchev–Trinajstić information content (AvgIpc) is 3.17. The molecule has 0 amide bonds. The number of halogens is 2. The smallest absolute Gasteiger partial charge is 0.230 e. The monoisotopic (exact) mass is 356 g/mol. The zero-order valence-corrected chi connectivity index (χ0v) is 13.4. The third-order valence-corrected chi connectivity index (χ3v) is 4.32. The largest absolute Gasteiger partial charge is 0.493 e. The molecule has 4 aromatic rings. The van der Waals surface area contributed by atoms with E-state index in [4.69, 9.17) is 0 Å². The SMILES string of the molecule is Oc1[nH]c2ccccc2c1N=Nc1nc(-c2ccc(F)cc2F)cs1. The first-order valence-corrected chi connectivity index (χ1v) is 8.12. The van der Waals surface area contributed by atoms with Gasteiger partial charge < -0.3 is 10.1 Å². The van der Waals surface area contributed by atoms with Crippen LogP contribution in [0.5, 0.6) is 5.88 Å². The van der Waals surface area contributed by atoms with Crippen LogP contribution < -0.4 is 0 Å². The summed E-state index contributed by atoms with van der Waals surface area (Å²) < 4.78 is 26.8. The Morgan fingerprint density at radius 3 is 2.76 bits per heavy atom. The van der Waals surface area contributed by atoms with E-state index in [9.17, 15) is 13.9 Å². The molecule has 0 spiro atoms. The third-order valence-electron chi connectivity index (χ3n) is 3.59. The molecule has 124 valence electrons. The molecule has 0 aliphatic rings. The molecule has 0 saturated carbocycles. The third kappa shape index (κ3) is 2.87. The number of aromatic nitrogens is 2. The number of azo groups is 1. The Bertz CT molecular complexity index is 1100. The highest BCUT2D eigenvalue weighted by atomic mass is 32.1. The van der Waals surface area contributed by atoms with Crippen molar-refractivity contribution < 1.29 is 13.9 Å². The van der Waals surface area contributed by atoms with Crippen molar-refractivity contribution >= 4 is 33.1 Å². The van der Waals surface area contributed by atoms with Crippen LogP contribution in [0.15, 0.2) is 58.1 Å². The minimum absolute atomic E-state index is 0.0914. The fraction of sp³-hybridized carbons (Fsp3) is 0. The van der Waals surface area contributed by atoms with Gasteiger partial charge in [0, 0.05) is 22.4 Å². The van der Waals surface area contributed by atoms with Gasteiger partial charge in [0.05, 0.1) is 11.2 Å². The Morgan fingerprint density at radius 1 is 1.08 bits per heavy atom. The van der Waals surface area contributed by atoms with E-state index in [1.807, 2.05) is 18.2 Å². The van der Waals surface area contributed by atoms with Crippen LogP contribution >= 0.6 is 11.3 Å². The van der Waals surface area contributed by atoms with Crippen molar-refractivity contribution in [1.82, 2.24) is 9.97 Å². The van der Waals surface area contributed by atoms with Crippen molar-refractivity contribution in [3.8, 4) is 17.1 Å². The fourth-order valence-corrected chi connectivity index (χ4v) is 3.07. The molecule has 0 aliphatic heterocycles. The van der Waals surface area contributed by atoms with Crippen LogP contribution in [0, 0.1) is 11.6 Å². The molecule has 0 unspecified atom stereocenters. The molecular formula is C17H10F2N4OS. The number of nitrogens with zero attached hydrogens (tertiary/aromatic N) is 3. The number of hydrogen-bond donors (Lipinski definition) is 2. The first-order chi connectivity index (χ1) is 12.1. The maximum Gasteiger partial charge on any atom is 0.230 e. The van der Waals surface area contributed by atoms with E-state index in [2.05, 4.69) is 20.2 Å². The molecule has 0 fully saturated rings. The van der Waals surface area contributed by atoms with Crippen LogP contribution in [0.3, 0.4) is 0 Å². The summed E-state index contributed by atoms with van der Waals surface area (Å²) in [4.78, 5) is 6.99. The van der Waals surface area contributed by atoms with Gasteiger partial charge in [-0.25, -0.2) is 13.8 Å². The average molecular weight is 356 g/mol. The Morgan fingerprint density at radius 2 is 1.92 bits per heavy atom. The van der Waals surface area contributed by atoms with Crippen LogP contribution in [0.1, 0.15) is 0 Å². The highest BCUT2D eigenvalue weighted by Crippen LogP contribution is 2.37. The molecule has 2 aromatic carbocycles. The number of fused-ring (bicyclic) bond motifs is 1. The van der Waals surface area contributed by atoms with Crippen LogP contribution in [0.4, 0.5) is 19.6 Å². The summed E-state index contributed by atoms with van der Waals surface area (Å²) in [5.74, 6) is -1.43. The van der Waals surface area contributed by atoms with Crippen LogP contribution in [0.2, 0.25) is 0 Å². The molecule has 2 heterocycles. The van der Waals surface area contributed by atoms with Gasteiger partial charge in [-0.1, -0.05) is 18.2 Å². The lowest BCUT2D eigenvalue weighted by atomic mass is 10.1. The molecule has 2 N–H and O–H groups in total. The Balaban J connectivity index is 1.66. The Kier molecular flexibility index (Phi) is 3.73. The Labute approximate surface area is 144 Å². The lowest BCUT2D eigenvalue weighted by Gasteiger charge is -1.98. The quantitative estimate of drug-likeness (QED) is 0.463. The van der Waals surface area contributed by atoms with Gasteiger partial charge in [0.25, 0.3) is 0 Å². The molecular weight excluding hydrogens is 346 g/mol. The first kappa shape index (κ1) is 15.4. The predicted molar refractivity (Wildman–Crippen MR) is 91.6 cm³/mol. The summed E-state index contributed by atoms with van der Waals surface area (Å²) in [6.07, 6.45) is 0. The van der Waals surface area contributed by atoms with E-state index in [0.29, 0.717) is 16.5 Å². The summed E-state index contributed by atoms with van der Waals surface area (Å²) >= 11 is 1.17. The van der Waals surface area contributed by atoms with Crippen molar-refractivity contribution in [2.75, 3.05) is 0 Å². The second-order valence-corrected chi connectivity index (χ2v) is 6.04. The number of nitrogens with one attached hydrogen (secondary N) is 1. The molecule has 5 nitrogen and oxygen atoms in total. The van der Waals surface area contributed by atoms with Gasteiger partial charge in [-0.2, -0.15) is 0 Å². The number of hydrogen-bond acceptors (Lipinski definition) is 5. The maximum absolute atomic E-state index is 13.8. The van der Waals surface area contributed by atoms with Crippen molar-refractivity contribution in [2.24, 2.45) is 10.2 Å². The van der Waals surface area contributed by atoms with Gasteiger partial charge in [-0.3, -0.25) is 0 Å². The molecule has 2 aromatic heterocycles. The van der Waals surface area contributed by atoms with E-state index in [1.54, 1.807) is 11.4 Å². The second kappa shape index (κ2) is 6.06. The number of H-pyrrole nitrogens is 1. The van der Waals surface area contributed by atoms with Gasteiger partial charge in [-0.05, 0) is 18.2 Å². The zero-order valence-electron chi connectivity index (χ0n) is 12.6. The number of aromatic hydroxyl groups is 1. The van der Waals surface area contributed by atoms with E-state index < -0.39 is 11.6 Å². The number of aromatic amines is 1. The number of benzene rings is 2. The van der Waals surface area contributed by atoms with Gasteiger partial charge in [0.1, 0.15) is 11.6 Å². The maximum atomic E-state index is 13.8. The molecule has 0 bridgehead atoms.